The van der Waals surface area contributed by atoms with Crippen molar-refractivity contribution < 1.29 is 9.69 Å². The molecule has 0 saturated heterocycles. The molecule has 1 heterocycles. The summed E-state index contributed by atoms with van der Waals surface area (Å²) in [5, 5.41) is 6.22. The summed E-state index contributed by atoms with van der Waals surface area (Å²) in [5.74, 6) is 0.0307. The lowest BCUT2D eigenvalue weighted by molar-refractivity contribution is -0.885. The Morgan fingerprint density at radius 3 is 2.38 bits per heavy atom. The Balaban J connectivity index is 1.59. The van der Waals surface area contributed by atoms with Crippen molar-refractivity contribution in [2.75, 3.05) is 18.9 Å². The fourth-order valence-corrected chi connectivity index (χ4v) is 4.44. The van der Waals surface area contributed by atoms with Gasteiger partial charge in [-0.1, -0.05) is 48.9 Å². The van der Waals surface area contributed by atoms with E-state index in [2.05, 4.69) is 60.9 Å². The molecular formula is C24H30N3OS+. The lowest BCUT2D eigenvalue weighted by Crippen LogP contribution is -3.08. The number of aryl methyl sites for hydroxylation is 4. The summed E-state index contributed by atoms with van der Waals surface area (Å²) < 4.78 is 0. The predicted molar refractivity (Wildman–Crippen MR) is 122 cm³/mol. The van der Waals surface area contributed by atoms with Crippen LogP contribution in [0, 0.1) is 20.8 Å². The van der Waals surface area contributed by atoms with Gasteiger partial charge in [-0.3, -0.25) is 4.79 Å². The lowest BCUT2D eigenvalue weighted by atomic mass is 10.1. The molecular weight excluding hydrogens is 378 g/mol. The smallest absolute Gasteiger partial charge is 0.279 e. The summed E-state index contributed by atoms with van der Waals surface area (Å²) >= 11 is 1.66. The van der Waals surface area contributed by atoms with Crippen LogP contribution in [-0.2, 0) is 17.8 Å². The van der Waals surface area contributed by atoms with Gasteiger partial charge in [0.05, 0.1) is 7.05 Å². The molecule has 1 atom stereocenters. The Labute approximate surface area is 177 Å². The Kier molecular flexibility index (Phi) is 6.83. The van der Waals surface area contributed by atoms with Crippen LogP contribution in [0.4, 0.5) is 5.69 Å². The minimum absolute atomic E-state index is 0.0307. The van der Waals surface area contributed by atoms with Gasteiger partial charge in [0.25, 0.3) is 5.91 Å². The molecule has 1 amide bonds. The number of hydrogen-bond donors (Lipinski definition) is 2. The van der Waals surface area contributed by atoms with Crippen LogP contribution in [0.2, 0.25) is 0 Å². The van der Waals surface area contributed by atoms with E-state index in [9.17, 15) is 4.79 Å². The van der Waals surface area contributed by atoms with E-state index in [0.717, 1.165) is 50.9 Å². The van der Waals surface area contributed by atoms with Crippen molar-refractivity contribution >= 4 is 22.9 Å². The van der Waals surface area contributed by atoms with Crippen LogP contribution in [0.25, 0.3) is 10.6 Å². The third-order valence-electron chi connectivity index (χ3n) is 5.05. The summed E-state index contributed by atoms with van der Waals surface area (Å²) in [6.07, 6.45) is 1.04. The van der Waals surface area contributed by atoms with Crippen LogP contribution in [-0.4, -0.2) is 24.5 Å². The number of nitrogens with one attached hydrogen (secondary N) is 2. The zero-order chi connectivity index (χ0) is 21.0. The second kappa shape index (κ2) is 9.33. The predicted octanol–water partition coefficient (Wildman–Crippen LogP) is 3.95. The summed E-state index contributed by atoms with van der Waals surface area (Å²) in [7, 11) is 2.03. The molecule has 29 heavy (non-hydrogen) atoms. The van der Waals surface area contributed by atoms with E-state index in [-0.39, 0.29) is 5.91 Å². The zero-order valence-electron chi connectivity index (χ0n) is 17.9. The number of carbonyl (C=O) groups is 1. The van der Waals surface area contributed by atoms with E-state index in [1.807, 2.05) is 20.9 Å². The summed E-state index contributed by atoms with van der Waals surface area (Å²) in [6, 6.07) is 12.8. The molecule has 4 nitrogen and oxygen atoms in total. The molecule has 5 heteroatoms. The number of anilines is 1. The number of thiazole rings is 1. The summed E-state index contributed by atoms with van der Waals surface area (Å²) in [4.78, 5) is 18.4. The van der Waals surface area contributed by atoms with Crippen LogP contribution in [0.3, 0.4) is 0 Å². The van der Waals surface area contributed by atoms with Gasteiger partial charge < -0.3 is 10.2 Å². The van der Waals surface area contributed by atoms with E-state index >= 15 is 0 Å². The molecule has 1 aromatic heterocycles. The van der Waals surface area contributed by atoms with E-state index in [1.165, 1.54) is 11.1 Å². The van der Waals surface area contributed by atoms with Gasteiger partial charge in [-0.2, -0.15) is 0 Å². The number of hydrogen-bond acceptors (Lipinski definition) is 3. The van der Waals surface area contributed by atoms with E-state index < -0.39 is 0 Å². The highest BCUT2D eigenvalue weighted by atomic mass is 32.1. The Morgan fingerprint density at radius 2 is 1.76 bits per heavy atom. The first-order valence-electron chi connectivity index (χ1n) is 10.1. The molecule has 3 rings (SSSR count). The number of nitrogens with zero attached hydrogens (tertiary/aromatic N) is 1. The van der Waals surface area contributed by atoms with E-state index in [1.54, 1.807) is 11.3 Å². The van der Waals surface area contributed by atoms with Crippen molar-refractivity contribution in [1.29, 1.82) is 0 Å². The van der Waals surface area contributed by atoms with Crippen LogP contribution >= 0.6 is 11.3 Å². The number of amides is 1. The number of likely N-dealkylation sites (N-methyl/N-ethyl adjacent to an activating group) is 1. The average molecular weight is 409 g/mol. The topological polar surface area (TPSA) is 46.4 Å². The minimum atomic E-state index is 0.0307. The molecule has 0 radical (unpaired) electrons. The van der Waals surface area contributed by atoms with Gasteiger partial charge in [0.2, 0.25) is 0 Å². The zero-order valence-corrected chi connectivity index (χ0v) is 18.7. The quantitative estimate of drug-likeness (QED) is 0.622. The molecule has 3 aromatic rings. The highest BCUT2D eigenvalue weighted by Gasteiger charge is 2.15. The van der Waals surface area contributed by atoms with Gasteiger partial charge in [-0.25, -0.2) is 4.98 Å². The van der Waals surface area contributed by atoms with Gasteiger partial charge >= 0.3 is 0 Å². The van der Waals surface area contributed by atoms with Crippen molar-refractivity contribution in [3.63, 3.8) is 0 Å². The minimum Gasteiger partial charge on any atom is -0.325 e. The van der Waals surface area contributed by atoms with E-state index in [4.69, 9.17) is 4.98 Å². The van der Waals surface area contributed by atoms with Crippen LogP contribution in [0.5, 0.6) is 0 Å². The molecule has 0 fully saturated rings. The molecule has 0 spiro atoms. The molecule has 2 N–H and O–H groups in total. The van der Waals surface area contributed by atoms with Gasteiger partial charge in [-0.05, 0) is 43.9 Å². The van der Waals surface area contributed by atoms with Crippen LogP contribution in [0.15, 0.2) is 41.8 Å². The molecule has 0 saturated carbocycles. The first-order chi connectivity index (χ1) is 13.9. The monoisotopic (exact) mass is 408 g/mol. The van der Waals surface area contributed by atoms with Crippen molar-refractivity contribution in [3.05, 3.63) is 69.7 Å². The third-order valence-corrected chi connectivity index (χ3v) is 5.99. The molecule has 152 valence electrons. The maximum Gasteiger partial charge on any atom is 0.279 e. The highest BCUT2D eigenvalue weighted by Crippen LogP contribution is 2.24. The summed E-state index contributed by atoms with van der Waals surface area (Å²) in [5.41, 5.74) is 7.86. The second-order valence-corrected chi connectivity index (χ2v) is 8.69. The Morgan fingerprint density at radius 1 is 1.10 bits per heavy atom. The fourth-order valence-electron chi connectivity index (χ4n) is 3.61. The van der Waals surface area contributed by atoms with Crippen LogP contribution < -0.4 is 10.2 Å². The second-order valence-electron chi connectivity index (χ2n) is 7.83. The number of carbonyl (C=O) groups excluding carboxylic acids is 1. The normalized spacial score (nSPS) is 12.0. The average Bonchev–Trinajstić information content (AvgIpc) is 3.13. The molecule has 0 aliphatic heterocycles. The van der Waals surface area contributed by atoms with Gasteiger partial charge in [-0.15, -0.1) is 11.3 Å². The number of aromatic nitrogens is 1. The molecule has 1 unspecified atom stereocenters. The van der Waals surface area contributed by atoms with Crippen molar-refractivity contribution in [2.45, 2.75) is 40.7 Å². The van der Waals surface area contributed by atoms with Gasteiger partial charge in [0.15, 0.2) is 6.54 Å². The molecule has 0 bridgehead atoms. The van der Waals surface area contributed by atoms with Gasteiger partial charge in [0, 0.05) is 16.6 Å². The SMILES string of the molecule is CCc1ccc(-c2nc(C[NH+](C)CC(=O)Nc3c(C)cc(C)cc3C)cs2)cc1. The molecule has 2 aromatic carbocycles. The maximum absolute atomic E-state index is 12.5. The first-order valence-corrected chi connectivity index (χ1v) is 11.0. The highest BCUT2D eigenvalue weighted by molar-refractivity contribution is 7.13. The number of benzene rings is 2. The Bertz CT molecular complexity index is 969. The molecule has 0 aliphatic rings. The number of rotatable bonds is 7. The van der Waals surface area contributed by atoms with Crippen molar-refractivity contribution in [1.82, 2.24) is 4.98 Å². The largest absolute Gasteiger partial charge is 0.325 e. The third kappa shape index (κ3) is 5.52. The standard InChI is InChI=1S/C24H29N3OS/c1-6-19-7-9-20(10-8-19)24-25-21(15-29-24)13-27(5)14-22(28)26-23-17(3)11-16(2)12-18(23)4/h7-12,15H,6,13-14H2,1-5H3,(H,26,28)/p+1. The first kappa shape index (κ1) is 21.2. The van der Waals surface area contributed by atoms with E-state index in [0.29, 0.717) is 6.54 Å². The lowest BCUT2D eigenvalue weighted by Gasteiger charge is -2.15. The molecule has 0 aliphatic carbocycles. The summed E-state index contributed by atoms with van der Waals surface area (Å²) in [6.45, 7) is 9.44. The Hall–Kier alpha value is -2.50. The maximum atomic E-state index is 12.5. The van der Waals surface area contributed by atoms with Gasteiger partial charge in [0.1, 0.15) is 17.2 Å². The van der Waals surface area contributed by atoms with Crippen molar-refractivity contribution in [2.24, 2.45) is 0 Å². The fraction of sp³-hybridized carbons (Fsp3) is 0.333. The van der Waals surface area contributed by atoms with Crippen LogP contribution in [0.1, 0.15) is 34.9 Å². The number of quaternary nitrogens is 1. The van der Waals surface area contributed by atoms with Crippen molar-refractivity contribution in [3.8, 4) is 10.6 Å².